The van der Waals surface area contributed by atoms with Crippen LogP contribution in [0, 0.1) is 13.8 Å². The maximum atomic E-state index is 13.0. The first-order valence-corrected chi connectivity index (χ1v) is 10.2. The molecule has 1 aromatic heterocycles. The molecule has 0 N–H and O–H groups in total. The van der Waals surface area contributed by atoms with Crippen molar-refractivity contribution >= 4 is 15.9 Å². The Kier molecular flexibility index (Phi) is 4.96. The molecule has 8 heteroatoms. The van der Waals surface area contributed by atoms with E-state index >= 15 is 0 Å². The quantitative estimate of drug-likeness (QED) is 0.817. The van der Waals surface area contributed by atoms with Crippen LogP contribution in [0.3, 0.4) is 0 Å². The van der Waals surface area contributed by atoms with Crippen molar-refractivity contribution in [2.24, 2.45) is 0 Å². The maximum Gasteiger partial charge on any atom is 0.246 e. The van der Waals surface area contributed by atoms with Crippen LogP contribution in [0.25, 0.3) is 0 Å². The summed E-state index contributed by atoms with van der Waals surface area (Å²) in [6.07, 6.45) is 4.96. The Bertz CT molecular complexity index is 714. The van der Waals surface area contributed by atoms with Crippen LogP contribution in [0.15, 0.2) is 4.90 Å². The molecule has 1 amide bonds. The van der Waals surface area contributed by atoms with Crippen molar-refractivity contribution in [3.63, 3.8) is 0 Å². The smallest absolute Gasteiger partial charge is 0.246 e. The minimum absolute atomic E-state index is 0.0139. The van der Waals surface area contributed by atoms with E-state index in [1.54, 1.807) is 22.8 Å². The van der Waals surface area contributed by atoms with E-state index in [0.29, 0.717) is 24.5 Å². The predicted octanol–water partition coefficient (Wildman–Crippen LogP) is 1.30. The first kappa shape index (κ1) is 17.4. The normalized spacial score (nSPS) is 19.8. The Labute approximate surface area is 143 Å². The van der Waals surface area contributed by atoms with E-state index in [0.717, 1.165) is 45.2 Å². The van der Waals surface area contributed by atoms with E-state index in [9.17, 15) is 13.2 Å². The van der Waals surface area contributed by atoms with Crippen molar-refractivity contribution in [2.45, 2.75) is 57.4 Å². The molecule has 0 spiro atoms. The summed E-state index contributed by atoms with van der Waals surface area (Å²) in [5, 5.41) is 4.35. The van der Waals surface area contributed by atoms with Gasteiger partial charge in [0.25, 0.3) is 0 Å². The van der Waals surface area contributed by atoms with Gasteiger partial charge in [-0.1, -0.05) is 6.42 Å². The predicted molar refractivity (Wildman–Crippen MR) is 90.1 cm³/mol. The summed E-state index contributed by atoms with van der Waals surface area (Å²) >= 11 is 0. The average molecular weight is 354 g/mol. The van der Waals surface area contributed by atoms with Gasteiger partial charge in [-0.25, -0.2) is 8.42 Å². The average Bonchev–Trinajstić information content (AvgIpc) is 3.17. The van der Waals surface area contributed by atoms with Gasteiger partial charge in [0.05, 0.1) is 11.4 Å². The third kappa shape index (κ3) is 3.21. The lowest BCUT2D eigenvalue weighted by atomic mass is 10.2. The van der Waals surface area contributed by atoms with E-state index in [2.05, 4.69) is 5.10 Å². The zero-order chi connectivity index (χ0) is 17.3. The van der Waals surface area contributed by atoms with Crippen LogP contribution in [0.5, 0.6) is 0 Å². The molecule has 0 aromatic carbocycles. The highest BCUT2D eigenvalue weighted by Gasteiger charge is 2.32. The zero-order valence-corrected chi connectivity index (χ0v) is 15.3. The second-order valence-corrected chi connectivity index (χ2v) is 8.59. The molecule has 3 rings (SSSR count). The summed E-state index contributed by atoms with van der Waals surface area (Å²) < 4.78 is 29.0. The number of sulfonamides is 1. The lowest BCUT2D eigenvalue weighted by Gasteiger charge is -2.26. The van der Waals surface area contributed by atoms with Crippen LogP contribution in [0.1, 0.15) is 43.5 Å². The second kappa shape index (κ2) is 6.84. The molecule has 2 fully saturated rings. The number of hydrogen-bond donors (Lipinski definition) is 0. The van der Waals surface area contributed by atoms with Crippen molar-refractivity contribution in [1.29, 1.82) is 0 Å². The highest BCUT2D eigenvalue weighted by atomic mass is 32.2. The number of carbonyl (C=O) groups excluding carboxylic acids is 1. The first-order valence-electron chi connectivity index (χ1n) is 8.73. The van der Waals surface area contributed by atoms with E-state index in [4.69, 9.17) is 0 Å². The Hall–Kier alpha value is -1.41. The van der Waals surface area contributed by atoms with Gasteiger partial charge in [-0.2, -0.15) is 9.40 Å². The number of piperidine rings is 1. The molecule has 0 radical (unpaired) electrons. The number of hydrogen-bond acceptors (Lipinski definition) is 4. The first-order chi connectivity index (χ1) is 11.4. The number of aromatic nitrogens is 2. The van der Waals surface area contributed by atoms with Gasteiger partial charge in [0.15, 0.2) is 0 Å². The van der Waals surface area contributed by atoms with Crippen molar-refractivity contribution in [1.82, 2.24) is 19.0 Å². The molecule has 134 valence electrons. The Morgan fingerprint density at radius 3 is 2.21 bits per heavy atom. The summed E-state index contributed by atoms with van der Waals surface area (Å²) in [4.78, 5) is 14.4. The SMILES string of the molecule is Cc1nn(CC(=O)N2CCCC2)c(C)c1S(=O)(=O)N1CCCCC1. The Morgan fingerprint density at radius 2 is 1.58 bits per heavy atom. The summed E-state index contributed by atoms with van der Waals surface area (Å²) in [6, 6.07) is 0. The molecule has 3 heterocycles. The molecule has 24 heavy (non-hydrogen) atoms. The minimum atomic E-state index is -3.53. The Morgan fingerprint density at radius 1 is 1.00 bits per heavy atom. The third-order valence-corrected chi connectivity index (χ3v) is 7.12. The van der Waals surface area contributed by atoms with E-state index in [1.807, 2.05) is 4.90 Å². The molecule has 0 aliphatic carbocycles. The van der Waals surface area contributed by atoms with Crippen molar-refractivity contribution < 1.29 is 13.2 Å². The Balaban J connectivity index is 1.84. The second-order valence-electron chi connectivity index (χ2n) is 6.71. The lowest BCUT2D eigenvalue weighted by molar-refractivity contribution is -0.131. The van der Waals surface area contributed by atoms with E-state index in [1.165, 1.54) is 0 Å². The highest BCUT2D eigenvalue weighted by Crippen LogP contribution is 2.26. The molecule has 1 aromatic rings. The fourth-order valence-corrected chi connectivity index (χ4v) is 5.53. The van der Waals surface area contributed by atoms with Gasteiger partial charge in [0.2, 0.25) is 15.9 Å². The van der Waals surface area contributed by atoms with Crippen LogP contribution >= 0.6 is 0 Å². The summed E-state index contributed by atoms with van der Waals surface area (Å²) in [7, 11) is -3.53. The molecule has 0 unspecified atom stereocenters. The van der Waals surface area contributed by atoms with Crippen molar-refractivity contribution in [3.05, 3.63) is 11.4 Å². The van der Waals surface area contributed by atoms with Crippen LogP contribution in [-0.2, 0) is 21.4 Å². The number of aryl methyl sites for hydroxylation is 1. The van der Waals surface area contributed by atoms with Crippen LogP contribution in [0.4, 0.5) is 0 Å². The molecular weight excluding hydrogens is 328 g/mol. The third-order valence-electron chi connectivity index (χ3n) is 4.97. The summed E-state index contributed by atoms with van der Waals surface area (Å²) in [5.74, 6) is 0.0139. The van der Waals surface area contributed by atoms with Crippen molar-refractivity contribution in [2.75, 3.05) is 26.2 Å². The number of amides is 1. The van der Waals surface area contributed by atoms with Gasteiger partial charge < -0.3 is 4.90 Å². The van der Waals surface area contributed by atoms with Crippen molar-refractivity contribution in [3.8, 4) is 0 Å². The molecule has 0 atom stereocenters. The maximum absolute atomic E-state index is 13.0. The number of nitrogens with zero attached hydrogens (tertiary/aromatic N) is 4. The lowest BCUT2D eigenvalue weighted by Crippen LogP contribution is -2.36. The largest absolute Gasteiger partial charge is 0.341 e. The molecule has 2 saturated heterocycles. The fraction of sp³-hybridized carbons (Fsp3) is 0.750. The fourth-order valence-electron chi connectivity index (χ4n) is 3.64. The van der Waals surface area contributed by atoms with E-state index in [-0.39, 0.29) is 17.3 Å². The number of rotatable bonds is 4. The van der Waals surface area contributed by atoms with Gasteiger partial charge in [0, 0.05) is 26.2 Å². The van der Waals surface area contributed by atoms with Crippen LogP contribution in [0.2, 0.25) is 0 Å². The molecule has 2 aliphatic heterocycles. The monoisotopic (exact) mass is 354 g/mol. The number of carbonyl (C=O) groups is 1. The molecule has 0 saturated carbocycles. The molecule has 7 nitrogen and oxygen atoms in total. The van der Waals surface area contributed by atoms with Gasteiger partial charge in [0.1, 0.15) is 11.4 Å². The summed E-state index contributed by atoms with van der Waals surface area (Å²) in [6.45, 7) is 6.28. The standard InChI is InChI=1S/C16H26N4O3S/c1-13-16(24(22,23)19-10-4-3-5-11-19)14(2)20(17-13)12-15(21)18-8-6-7-9-18/h3-12H2,1-2H3. The van der Waals surface area contributed by atoms with Gasteiger partial charge >= 0.3 is 0 Å². The number of likely N-dealkylation sites (tertiary alicyclic amines) is 1. The topological polar surface area (TPSA) is 75.5 Å². The van der Waals surface area contributed by atoms with E-state index < -0.39 is 10.0 Å². The minimum Gasteiger partial charge on any atom is -0.341 e. The van der Waals surface area contributed by atoms with Gasteiger partial charge in [-0.3, -0.25) is 9.48 Å². The summed E-state index contributed by atoms with van der Waals surface area (Å²) in [5.41, 5.74) is 1.04. The highest BCUT2D eigenvalue weighted by molar-refractivity contribution is 7.89. The van der Waals surface area contributed by atoms with Crippen LogP contribution in [-0.4, -0.2) is 59.5 Å². The molecular formula is C16H26N4O3S. The van der Waals surface area contributed by atoms with Gasteiger partial charge in [-0.15, -0.1) is 0 Å². The molecule has 2 aliphatic rings. The molecule has 0 bridgehead atoms. The zero-order valence-electron chi connectivity index (χ0n) is 14.5. The van der Waals surface area contributed by atoms with Crippen LogP contribution < -0.4 is 0 Å². The van der Waals surface area contributed by atoms with Gasteiger partial charge in [-0.05, 0) is 39.5 Å².